The topological polar surface area (TPSA) is 116 Å². The number of Topliss-reactive ketones (excluding diaryl/α,β-unsaturated/α-hetero) is 1. The predicted molar refractivity (Wildman–Crippen MR) is 111 cm³/mol. The lowest BCUT2D eigenvalue weighted by Crippen LogP contribution is -2.24. The molecular weight excluding hydrogens is 403 g/mol. The number of carbonyl (C=O) groups excluding carboxylic acids is 2. The molecule has 1 saturated heterocycles. The number of nitrogen functional groups attached to an aromatic ring is 1. The van der Waals surface area contributed by atoms with Crippen molar-refractivity contribution in [3.05, 3.63) is 53.8 Å². The van der Waals surface area contributed by atoms with Crippen LogP contribution in [0.15, 0.2) is 42.5 Å². The van der Waals surface area contributed by atoms with E-state index in [0.717, 1.165) is 5.56 Å². The van der Waals surface area contributed by atoms with Crippen molar-refractivity contribution in [3.8, 4) is 11.1 Å². The number of carbonyl (C=O) groups is 2. The molecule has 1 aromatic heterocycles. The maximum atomic E-state index is 14.9. The lowest BCUT2D eigenvalue weighted by atomic mass is 10.0. The molecule has 0 radical (unpaired) electrons. The number of halogens is 1. The first-order chi connectivity index (χ1) is 14.9. The van der Waals surface area contributed by atoms with Crippen molar-refractivity contribution < 1.29 is 18.7 Å². The number of anilines is 2. The van der Waals surface area contributed by atoms with Gasteiger partial charge in [0.25, 0.3) is 0 Å². The van der Waals surface area contributed by atoms with Crippen LogP contribution >= 0.6 is 0 Å². The summed E-state index contributed by atoms with van der Waals surface area (Å²) in [5, 5.41) is 10.9. The largest absolute Gasteiger partial charge is 0.444 e. The highest BCUT2D eigenvalue weighted by Gasteiger charge is 2.32. The Morgan fingerprint density at radius 3 is 2.68 bits per heavy atom. The van der Waals surface area contributed by atoms with Gasteiger partial charge < -0.3 is 15.3 Å². The molecule has 10 heteroatoms. The summed E-state index contributed by atoms with van der Waals surface area (Å²) in [6.07, 6.45) is -0.108. The van der Waals surface area contributed by atoms with Crippen LogP contribution in [-0.2, 0) is 16.1 Å². The number of tetrazole rings is 1. The SMILES string of the molecule is CC(=O)CC[C@H]1CN(c2ccc(-c3ccc(Cn4nnnc4N)cc3)c(F)c2)C(=O)O1. The smallest absolute Gasteiger partial charge is 0.414 e. The first-order valence-electron chi connectivity index (χ1n) is 9.79. The van der Waals surface area contributed by atoms with Gasteiger partial charge in [0.15, 0.2) is 0 Å². The van der Waals surface area contributed by atoms with Crippen LogP contribution in [0.5, 0.6) is 0 Å². The van der Waals surface area contributed by atoms with E-state index < -0.39 is 11.9 Å². The third-order valence-electron chi connectivity index (χ3n) is 5.11. The zero-order valence-electron chi connectivity index (χ0n) is 16.9. The summed E-state index contributed by atoms with van der Waals surface area (Å²) < 4.78 is 21.6. The first-order valence-corrected chi connectivity index (χ1v) is 9.79. The summed E-state index contributed by atoms with van der Waals surface area (Å²) in [5.74, 6) is -0.193. The Morgan fingerprint density at radius 2 is 2.03 bits per heavy atom. The van der Waals surface area contributed by atoms with E-state index in [4.69, 9.17) is 10.5 Å². The van der Waals surface area contributed by atoms with Crippen molar-refractivity contribution >= 4 is 23.5 Å². The molecule has 1 atom stereocenters. The fourth-order valence-corrected chi connectivity index (χ4v) is 3.44. The summed E-state index contributed by atoms with van der Waals surface area (Å²) in [6.45, 7) is 2.19. The number of aromatic nitrogens is 4. The van der Waals surface area contributed by atoms with E-state index in [0.29, 0.717) is 42.7 Å². The first kappa shape index (κ1) is 20.5. The molecule has 1 fully saturated rings. The number of cyclic esters (lactones) is 1. The third kappa shape index (κ3) is 4.52. The molecule has 9 nitrogen and oxygen atoms in total. The zero-order chi connectivity index (χ0) is 22.0. The predicted octanol–water partition coefficient (Wildman–Crippen LogP) is 2.80. The second-order valence-electron chi connectivity index (χ2n) is 7.41. The summed E-state index contributed by atoms with van der Waals surface area (Å²) in [6, 6.07) is 11.9. The lowest BCUT2D eigenvalue weighted by molar-refractivity contribution is -0.117. The van der Waals surface area contributed by atoms with Crippen molar-refractivity contribution in [3.63, 3.8) is 0 Å². The fourth-order valence-electron chi connectivity index (χ4n) is 3.44. The average molecular weight is 424 g/mol. The molecule has 2 heterocycles. The average Bonchev–Trinajstić information content (AvgIpc) is 3.32. The number of hydrogen-bond donors (Lipinski definition) is 1. The molecule has 3 aromatic rings. The minimum atomic E-state index is -0.535. The highest BCUT2D eigenvalue weighted by Crippen LogP contribution is 2.30. The number of nitrogens with two attached hydrogens (primary N) is 1. The van der Waals surface area contributed by atoms with Crippen LogP contribution in [0, 0.1) is 5.82 Å². The van der Waals surface area contributed by atoms with E-state index in [-0.39, 0.29) is 17.8 Å². The van der Waals surface area contributed by atoms with Gasteiger partial charge in [0.1, 0.15) is 17.7 Å². The van der Waals surface area contributed by atoms with Gasteiger partial charge in [-0.1, -0.05) is 29.4 Å². The van der Waals surface area contributed by atoms with E-state index in [1.807, 2.05) is 12.1 Å². The molecule has 160 valence electrons. The Bertz CT molecular complexity index is 1110. The summed E-state index contributed by atoms with van der Waals surface area (Å²) in [4.78, 5) is 24.7. The second-order valence-corrected chi connectivity index (χ2v) is 7.41. The number of nitrogens with zero attached hydrogens (tertiary/aromatic N) is 5. The van der Waals surface area contributed by atoms with Crippen molar-refractivity contribution in [2.75, 3.05) is 17.2 Å². The molecule has 0 spiro atoms. The molecule has 1 amide bonds. The minimum Gasteiger partial charge on any atom is -0.444 e. The van der Waals surface area contributed by atoms with E-state index in [1.54, 1.807) is 24.3 Å². The van der Waals surface area contributed by atoms with Gasteiger partial charge in [-0.3, -0.25) is 4.90 Å². The Morgan fingerprint density at radius 1 is 1.26 bits per heavy atom. The summed E-state index contributed by atoms with van der Waals surface area (Å²) in [5.41, 5.74) is 8.11. The maximum Gasteiger partial charge on any atom is 0.414 e. The number of ketones is 1. The maximum absolute atomic E-state index is 14.9. The summed E-state index contributed by atoms with van der Waals surface area (Å²) >= 11 is 0. The van der Waals surface area contributed by atoms with Crippen molar-refractivity contribution in [1.82, 2.24) is 20.2 Å². The Labute approximate surface area is 177 Å². The van der Waals surface area contributed by atoms with Gasteiger partial charge in [-0.15, -0.1) is 0 Å². The monoisotopic (exact) mass is 424 g/mol. The molecule has 2 aromatic carbocycles. The minimum absolute atomic E-state index is 0.0392. The molecule has 0 unspecified atom stereocenters. The Balaban J connectivity index is 1.47. The van der Waals surface area contributed by atoms with Gasteiger partial charge in [-0.2, -0.15) is 0 Å². The number of rotatable bonds is 7. The summed E-state index contributed by atoms with van der Waals surface area (Å²) in [7, 11) is 0. The van der Waals surface area contributed by atoms with Crippen LogP contribution < -0.4 is 10.6 Å². The van der Waals surface area contributed by atoms with Crippen LogP contribution in [0.4, 0.5) is 20.8 Å². The lowest BCUT2D eigenvalue weighted by Gasteiger charge is -2.14. The van der Waals surface area contributed by atoms with E-state index in [1.165, 1.54) is 22.6 Å². The van der Waals surface area contributed by atoms with E-state index in [2.05, 4.69) is 15.5 Å². The standard InChI is InChI=1S/C21H21FN6O3/c1-13(29)2-8-17-12-27(21(30)31-17)16-7-9-18(19(22)10-16)15-5-3-14(4-6-15)11-28-20(23)24-25-26-28/h3-7,9-10,17H,2,8,11-12H2,1H3,(H2,23,24,26)/t17-/m0/s1. The molecule has 0 aliphatic carbocycles. The zero-order valence-corrected chi connectivity index (χ0v) is 16.9. The van der Waals surface area contributed by atoms with Crippen LogP contribution in [-0.4, -0.2) is 44.7 Å². The van der Waals surface area contributed by atoms with Gasteiger partial charge in [0.2, 0.25) is 5.95 Å². The molecule has 0 saturated carbocycles. The molecule has 31 heavy (non-hydrogen) atoms. The molecule has 1 aliphatic heterocycles. The van der Waals surface area contributed by atoms with Crippen LogP contribution in [0.2, 0.25) is 0 Å². The van der Waals surface area contributed by atoms with Crippen molar-refractivity contribution in [1.29, 1.82) is 0 Å². The van der Waals surface area contributed by atoms with E-state index in [9.17, 15) is 14.0 Å². The number of ether oxygens (including phenoxy) is 1. The molecule has 4 rings (SSSR count). The van der Waals surface area contributed by atoms with Crippen molar-refractivity contribution in [2.24, 2.45) is 0 Å². The number of benzene rings is 2. The quantitative estimate of drug-likeness (QED) is 0.620. The Kier molecular flexibility index (Phi) is 5.61. The van der Waals surface area contributed by atoms with Gasteiger partial charge in [0.05, 0.1) is 18.8 Å². The van der Waals surface area contributed by atoms with Crippen LogP contribution in [0.25, 0.3) is 11.1 Å². The van der Waals surface area contributed by atoms with E-state index >= 15 is 0 Å². The van der Waals surface area contributed by atoms with Gasteiger partial charge in [0, 0.05) is 12.0 Å². The second kappa shape index (κ2) is 8.50. The number of hydrogen-bond acceptors (Lipinski definition) is 7. The van der Waals surface area contributed by atoms with Gasteiger partial charge in [-0.05, 0) is 53.1 Å². The third-order valence-corrected chi connectivity index (χ3v) is 5.11. The van der Waals surface area contributed by atoms with Crippen molar-refractivity contribution in [2.45, 2.75) is 32.4 Å². The highest BCUT2D eigenvalue weighted by atomic mass is 19.1. The number of amides is 1. The van der Waals surface area contributed by atoms with Gasteiger partial charge in [-0.25, -0.2) is 13.9 Å². The van der Waals surface area contributed by atoms with Gasteiger partial charge >= 0.3 is 6.09 Å². The molecular formula is C21H21FN6O3. The molecule has 0 bridgehead atoms. The highest BCUT2D eigenvalue weighted by molar-refractivity contribution is 5.90. The normalized spacial score (nSPS) is 15.9. The molecule has 2 N–H and O–H groups in total. The fraction of sp³-hybridized carbons (Fsp3) is 0.286. The Hall–Kier alpha value is -3.82. The van der Waals surface area contributed by atoms with Crippen LogP contribution in [0.1, 0.15) is 25.3 Å². The molecule has 1 aliphatic rings. The van der Waals surface area contributed by atoms with Crippen LogP contribution in [0.3, 0.4) is 0 Å².